The summed E-state index contributed by atoms with van der Waals surface area (Å²) in [6, 6.07) is 15.5. The van der Waals surface area contributed by atoms with E-state index in [0.29, 0.717) is 32.9 Å². The van der Waals surface area contributed by atoms with Crippen molar-refractivity contribution < 1.29 is 28.6 Å². The Kier molecular flexibility index (Phi) is 7.47. The van der Waals surface area contributed by atoms with Crippen molar-refractivity contribution in [3.63, 3.8) is 0 Å². The summed E-state index contributed by atoms with van der Waals surface area (Å²) in [5, 5.41) is 3.20. The second-order valence-electron chi connectivity index (χ2n) is 7.59. The molecule has 4 amide bonds. The van der Waals surface area contributed by atoms with Gasteiger partial charge in [0.25, 0.3) is 11.8 Å². The lowest BCUT2D eigenvalue weighted by atomic mass is 10.1. The maximum Gasteiger partial charge on any atom is 0.335 e. The molecule has 0 aliphatic carbocycles. The van der Waals surface area contributed by atoms with Crippen molar-refractivity contribution >= 4 is 52.8 Å². The molecule has 1 N–H and O–H groups in total. The van der Waals surface area contributed by atoms with Crippen LogP contribution in [0, 0.1) is 0 Å². The molecular formula is C26H20Cl2N2O6. The highest BCUT2D eigenvalue weighted by atomic mass is 35.5. The first-order valence-electron chi connectivity index (χ1n) is 10.6. The summed E-state index contributed by atoms with van der Waals surface area (Å²) < 4.78 is 16.2. The Morgan fingerprint density at radius 3 is 2.28 bits per heavy atom. The lowest BCUT2D eigenvalue weighted by molar-refractivity contribution is -0.122. The van der Waals surface area contributed by atoms with Crippen molar-refractivity contribution in [1.29, 1.82) is 0 Å². The first kappa shape index (κ1) is 25.1. The van der Waals surface area contributed by atoms with Crippen LogP contribution in [0.5, 0.6) is 17.2 Å². The number of imide groups is 2. The summed E-state index contributed by atoms with van der Waals surface area (Å²) in [4.78, 5) is 39.0. The van der Waals surface area contributed by atoms with E-state index in [1.165, 1.54) is 20.3 Å². The van der Waals surface area contributed by atoms with Gasteiger partial charge >= 0.3 is 6.03 Å². The largest absolute Gasteiger partial charge is 0.493 e. The number of carbonyl (C=O) groups is 3. The van der Waals surface area contributed by atoms with Gasteiger partial charge in [-0.2, -0.15) is 0 Å². The van der Waals surface area contributed by atoms with Gasteiger partial charge in [-0.1, -0.05) is 35.3 Å². The van der Waals surface area contributed by atoms with Crippen LogP contribution in [0.15, 0.2) is 66.2 Å². The number of nitrogens with one attached hydrogen (secondary N) is 1. The van der Waals surface area contributed by atoms with Gasteiger partial charge in [-0.05, 0) is 60.2 Å². The van der Waals surface area contributed by atoms with Crippen LogP contribution in [0.4, 0.5) is 10.5 Å². The number of hydrogen-bond acceptors (Lipinski definition) is 6. The maximum atomic E-state index is 13.2. The Labute approximate surface area is 217 Å². The van der Waals surface area contributed by atoms with Gasteiger partial charge in [0.05, 0.1) is 19.9 Å². The van der Waals surface area contributed by atoms with Crippen LogP contribution in [0.3, 0.4) is 0 Å². The highest BCUT2D eigenvalue weighted by Gasteiger charge is 2.36. The standard InChI is InChI=1S/C26H20Cl2N2O6/c1-34-22-10-3-15(12-23(22)35-2)11-20-24(31)29-26(33)30(25(20)32)18-6-8-19(9-7-18)36-14-16-4-5-17(27)13-21(16)28/h3-13H,14H2,1-2H3,(H,29,31,33)/b20-11+. The molecule has 4 rings (SSSR count). The number of halogens is 2. The molecule has 1 heterocycles. The van der Waals surface area contributed by atoms with Crippen LogP contribution < -0.4 is 24.4 Å². The van der Waals surface area contributed by atoms with E-state index in [0.717, 1.165) is 10.5 Å². The van der Waals surface area contributed by atoms with Crippen LogP contribution in [-0.4, -0.2) is 32.1 Å². The Hall–Kier alpha value is -4.01. The molecule has 1 aliphatic rings. The fraction of sp³-hybridized carbons (Fsp3) is 0.115. The quantitative estimate of drug-likeness (QED) is 0.333. The number of amides is 4. The molecule has 3 aromatic rings. The summed E-state index contributed by atoms with van der Waals surface area (Å²) in [5.41, 5.74) is 1.32. The second-order valence-corrected chi connectivity index (χ2v) is 8.43. The molecule has 1 fully saturated rings. The van der Waals surface area contributed by atoms with E-state index < -0.39 is 17.8 Å². The van der Waals surface area contributed by atoms with Gasteiger partial charge in [-0.25, -0.2) is 9.69 Å². The third kappa shape index (κ3) is 5.30. The summed E-state index contributed by atoms with van der Waals surface area (Å²) >= 11 is 12.1. The highest BCUT2D eigenvalue weighted by molar-refractivity contribution is 6.39. The van der Waals surface area contributed by atoms with Crippen molar-refractivity contribution in [1.82, 2.24) is 5.32 Å². The lowest BCUT2D eigenvalue weighted by Gasteiger charge is -2.26. The molecule has 10 heteroatoms. The van der Waals surface area contributed by atoms with Crippen molar-refractivity contribution in [3.05, 3.63) is 87.4 Å². The number of barbiturate groups is 1. The Morgan fingerprint density at radius 2 is 1.61 bits per heavy atom. The molecule has 8 nitrogen and oxygen atoms in total. The maximum absolute atomic E-state index is 13.2. The average Bonchev–Trinajstić information content (AvgIpc) is 2.86. The van der Waals surface area contributed by atoms with Gasteiger partial charge in [0.2, 0.25) is 0 Å². The van der Waals surface area contributed by atoms with E-state index in [2.05, 4.69) is 5.32 Å². The lowest BCUT2D eigenvalue weighted by Crippen LogP contribution is -2.54. The number of anilines is 1. The number of benzene rings is 3. The minimum absolute atomic E-state index is 0.200. The third-order valence-electron chi connectivity index (χ3n) is 5.32. The Bertz CT molecular complexity index is 1370. The molecule has 0 saturated carbocycles. The topological polar surface area (TPSA) is 94.2 Å². The second kappa shape index (κ2) is 10.7. The van der Waals surface area contributed by atoms with Crippen LogP contribution in [0.25, 0.3) is 6.08 Å². The van der Waals surface area contributed by atoms with E-state index in [9.17, 15) is 14.4 Å². The predicted molar refractivity (Wildman–Crippen MR) is 136 cm³/mol. The van der Waals surface area contributed by atoms with E-state index >= 15 is 0 Å². The fourth-order valence-electron chi connectivity index (χ4n) is 3.49. The van der Waals surface area contributed by atoms with Crippen LogP contribution in [-0.2, 0) is 16.2 Å². The summed E-state index contributed by atoms with van der Waals surface area (Å²) in [7, 11) is 2.98. The van der Waals surface area contributed by atoms with Crippen LogP contribution in [0.1, 0.15) is 11.1 Å². The predicted octanol–water partition coefficient (Wildman–Crippen LogP) is 5.26. The number of rotatable bonds is 7. The van der Waals surface area contributed by atoms with Gasteiger partial charge in [0.15, 0.2) is 11.5 Å². The van der Waals surface area contributed by atoms with Gasteiger partial charge < -0.3 is 14.2 Å². The number of ether oxygens (including phenoxy) is 3. The van der Waals surface area contributed by atoms with Gasteiger partial charge in [-0.15, -0.1) is 0 Å². The van der Waals surface area contributed by atoms with Gasteiger partial charge in [0, 0.05) is 15.6 Å². The van der Waals surface area contributed by atoms with Crippen LogP contribution >= 0.6 is 23.2 Å². The number of methoxy groups -OCH3 is 2. The number of hydrogen-bond donors (Lipinski definition) is 1. The zero-order chi connectivity index (χ0) is 25.8. The number of nitrogens with zero attached hydrogens (tertiary/aromatic N) is 1. The van der Waals surface area contributed by atoms with Crippen molar-refractivity contribution in [2.24, 2.45) is 0 Å². The first-order valence-corrected chi connectivity index (χ1v) is 11.4. The van der Waals surface area contributed by atoms with Crippen molar-refractivity contribution in [2.45, 2.75) is 6.61 Å². The Morgan fingerprint density at radius 1 is 0.889 bits per heavy atom. The van der Waals surface area contributed by atoms with Gasteiger partial charge in [-0.3, -0.25) is 14.9 Å². The third-order valence-corrected chi connectivity index (χ3v) is 5.91. The van der Waals surface area contributed by atoms with Crippen molar-refractivity contribution in [2.75, 3.05) is 19.1 Å². The van der Waals surface area contributed by atoms with Gasteiger partial charge in [0.1, 0.15) is 17.9 Å². The molecule has 184 valence electrons. The molecule has 36 heavy (non-hydrogen) atoms. The molecular weight excluding hydrogens is 507 g/mol. The fourth-order valence-corrected chi connectivity index (χ4v) is 3.96. The molecule has 1 aliphatic heterocycles. The molecule has 0 unspecified atom stereocenters. The molecule has 0 spiro atoms. The normalized spacial score (nSPS) is 14.6. The molecule has 0 aromatic heterocycles. The van der Waals surface area contributed by atoms with E-state index in [4.69, 9.17) is 37.4 Å². The molecule has 1 saturated heterocycles. The SMILES string of the molecule is COc1ccc(/C=C2\C(=O)NC(=O)N(c3ccc(OCc4ccc(Cl)cc4Cl)cc3)C2=O)cc1OC. The van der Waals surface area contributed by atoms with E-state index in [1.54, 1.807) is 60.7 Å². The monoisotopic (exact) mass is 526 g/mol. The van der Waals surface area contributed by atoms with E-state index in [1.807, 2.05) is 0 Å². The first-order chi connectivity index (χ1) is 17.3. The minimum atomic E-state index is -0.851. The summed E-state index contributed by atoms with van der Waals surface area (Å²) in [5.74, 6) is -0.141. The zero-order valence-corrected chi connectivity index (χ0v) is 20.7. The summed E-state index contributed by atoms with van der Waals surface area (Å²) in [6.07, 6.45) is 1.38. The smallest absolute Gasteiger partial charge is 0.335 e. The Balaban J connectivity index is 1.54. The molecule has 0 atom stereocenters. The summed E-state index contributed by atoms with van der Waals surface area (Å²) in [6.45, 7) is 0.200. The number of urea groups is 1. The molecule has 0 bridgehead atoms. The minimum Gasteiger partial charge on any atom is -0.493 e. The van der Waals surface area contributed by atoms with E-state index in [-0.39, 0.29) is 17.9 Å². The van der Waals surface area contributed by atoms with Crippen LogP contribution in [0.2, 0.25) is 10.0 Å². The molecule has 0 radical (unpaired) electrons. The zero-order valence-electron chi connectivity index (χ0n) is 19.2. The number of carbonyl (C=O) groups excluding carboxylic acids is 3. The van der Waals surface area contributed by atoms with Crippen molar-refractivity contribution in [3.8, 4) is 17.2 Å². The molecule has 3 aromatic carbocycles. The average molecular weight is 527 g/mol. The highest BCUT2D eigenvalue weighted by Crippen LogP contribution is 2.30.